The van der Waals surface area contributed by atoms with E-state index in [0.29, 0.717) is 17.6 Å². The van der Waals surface area contributed by atoms with Crippen LogP contribution in [0, 0.1) is 0 Å². The number of anilines is 1. The van der Waals surface area contributed by atoms with Crippen molar-refractivity contribution in [3.8, 4) is 0 Å². The summed E-state index contributed by atoms with van der Waals surface area (Å²) in [6, 6.07) is 0.393. The number of amides is 1. The number of morpholine rings is 1. The largest absolute Gasteiger partial charge is 0.379 e. The van der Waals surface area contributed by atoms with E-state index in [4.69, 9.17) is 4.74 Å². The van der Waals surface area contributed by atoms with Gasteiger partial charge in [-0.2, -0.15) is 0 Å². The zero-order valence-electron chi connectivity index (χ0n) is 13.8. The lowest BCUT2D eigenvalue weighted by atomic mass is 10.2. The summed E-state index contributed by atoms with van der Waals surface area (Å²) in [6.45, 7) is 6.53. The van der Waals surface area contributed by atoms with Gasteiger partial charge in [0.2, 0.25) is 0 Å². The van der Waals surface area contributed by atoms with Gasteiger partial charge in [0.25, 0.3) is 5.91 Å². The first-order chi connectivity index (χ1) is 10.5. The Morgan fingerprint density at radius 3 is 2.64 bits per heavy atom. The molecule has 0 radical (unpaired) electrons. The fourth-order valence-electron chi connectivity index (χ4n) is 2.50. The molecule has 122 valence electrons. The van der Waals surface area contributed by atoms with Crippen LogP contribution in [0.2, 0.25) is 0 Å². The first-order valence-corrected chi connectivity index (χ1v) is 7.55. The summed E-state index contributed by atoms with van der Waals surface area (Å²) in [6.07, 6.45) is 3.20. The highest BCUT2D eigenvalue weighted by Gasteiger charge is 2.19. The molecule has 0 aromatic carbocycles. The Balaban J connectivity index is 2.01. The zero-order chi connectivity index (χ0) is 16.1. The molecule has 1 aromatic heterocycles. The Kier molecular flexibility index (Phi) is 5.68. The van der Waals surface area contributed by atoms with Crippen LogP contribution in [0.5, 0.6) is 0 Å². The van der Waals surface area contributed by atoms with E-state index in [9.17, 15) is 4.79 Å². The molecule has 0 N–H and O–H groups in total. The number of carbonyl (C=O) groups is 1. The van der Waals surface area contributed by atoms with Crippen molar-refractivity contribution in [3.63, 3.8) is 0 Å². The van der Waals surface area contributed by atoms with E-state index in [1.807, 2.05) is 11.9 Å². The van der Waals surface area contributed by atoms with Crippen molar-refractivity contribution >= 4 is 11.7 Å². The molecule has 1 fully saturated rings. The van der Waals surface area contributed by atoms with E-state index in [1.54, 1.807) is 20.3 Å². The summed E-state index contributed by atoms with van der Waals surface area (Å²) in [4.78, 5) is 26.5. The maximum Gasteiger partial charge on any atom is 0.273 e. The molecule has 1 saturated heterocycles. The van der Waals surface area contributed by atoms with Crippen LogP contribution in [-0.2, 0) is 4.74 Å². The van der Waals surface area contributed by atoms with Crippen LogP contribution >= 0.6 is 0 Å². The van der Waals surface area contributed by atoms with Gasteiger partial charge >= 0.3 is 0 Å². The van der Waals surface area contributed by atoms with Crippen molar-refractivity contribution in [1.82, 2.24) is 19.8 Å². The molecule has 7 nitrogen and oxygen atoms in total. The van der Waals surface area contributed by atoms with E-state index >= 15 is 0 Å². The minimum atomic E-state index is -0.135. The first kappa shape index (κ1) is 16.6. The van der Waals surface area contributed by atoms with Crippen LogP contribution in [0.1, 0.15) is 17.4 Å². The molecule has 2 heterocycles. The van der Waals surface area contributed by atoms with E-state index in [0.717, 1.165) is 32.8 Å². The molecule has 0 spiro atoms. The average Bonchev–Trinajstić information content (AvgIpc) is 2.54. The van der Waals surface area contributed by atoms with E-state index < -0.39 is 0 Å². The van der Waals surface area contributed by atoms with Crippen LogP contribution in [-0.4, -0.2) is 85.7 Å². The summed E-state index contributed by atoms with van der Waals surface area (Å²) >= 11 is 0. The molecule has 1 aromatic rings. The van der Waals surface area contributed by atoms with Crippen LogP contribution in [0.3, 0.4) is 0 Å². The molecule has 2 rings (SSSR count). The van der Waals surface area contributed by atoms with Crippen LogP contribution in [0.25, 0.3) is 0 Å². The normalized spacial score (nSPS) is 17.1. The molecular weight excluding hydrogens is 282 g/mol. The Bertz CT molecular complexity index is 502. The molecular formula is C15H25N5O2. The van der Waals surface area contributed by atoms with Crippen molar-refractivity contribution in [2.45, 2.75) is 13.0 Å². The molecule has 22 heavy (non-hydrogen) atoms. The fraction of sp³-hybridized carbons (Fsp3) is 0.667. The van der Waals surface area contributed by atoms with Gasteiger partial charge in [0.05, 0.1) is 25.6 Å². The van der Waals surface area contributed by atoms with Crippen LogP contribution < -0.4 is 4.90 Å². The first-order valence-electron chi connectivity index (χ1n) is 7.55. The lowest BCUT2D eigenvalue weighted by Crippen LogP contribution is -2.47. The van der Waals surface area contributed by atoms with E-state index in [-0.39, 0.29) is 5.91 Å². The molecule has 0 unspecified atom stereocenters. The lowest BCUT2D eigenvalue weighted by molar-refractivity contribution is 0.0217. The number of carbonyl (C=O) groups excluding carboxylic acids is 1. The number of hydrogen-bond acceptors (Lipinski definition) is 6. The number of nitrogens with zero attached hydrogens (tertiary/aromatic N) is 5. The Morgan fingerprint density at radius 2 is 2.00 bits per heavy atom. The Labute approximate surface area is 131 Å². The van der Waals surface area contributed by atoms with Gasteiger partial charge in [0.15, 0.2) is 0 Å². The van der Waals surface area contributed by atoms with Crippen molar-refractivity contribution < 1.29 is 9.53 Å². The van der Waals surface area contributed by atoms with Crippen LogP contribution in [0.4, 0.5) is 5.82 Å². The number of aromatic nitrogens is 2. The monoisotopic (exact) mass is 307 g/mol. The molecule has 0 aliphatic carbocycles. The van der Waals surface area contributed by atoms with E-state index in [1.165, 1.54) is 11.1 Å². The van der Waals surface area contributed by atoms with Gasteiger partial charge in [-0.25, -0.2) is 4.98 Å². The summed E-state index contributed by atoms with van der Waals surface area (Å²) in [5.74, 6) is 0.580. The minimum Gasteiger partial charge on any atom is -0.379 e. The highest BCUT2D eigenvalue weighted by molar-refractivity contribution is 5.91. The fourth-order valence-corrected chi connectivity index (χ4v) is 2.50. The number of ether oxygens (including phenoxy) is 1. The lowest BCUT2D eigenvalue weighted by Gasteiger charge is -2.34. The third kappa shape index (κ3) is 4.14. The standard InChI is InChI=1S/C15H25N5O2/c1-12(20-5-7-22-8-6-20)11-19(4)14-10-16-9-13(17-14)15(21)18(2)3/h9-10,12H,5-8,11H2,1-4H3/t12-/m0/s1. The van der Waals surface area contributed by atoms with Gasteiger partial charge in [0, 0.05) is 46.8 Å². The van der Waals surface area contributed by atoms with Gasteiger partial charge in [-0.15, -0.1) is 0 Å². The maximum absolute atomic E-state index is 12.0. The predicted octanol–water partition coefficient (Wildman–Crippen LogP) is 0.335. The summed E-state index contributed by atoms with van der Waals surface area (Å²) in [7, 11) is 5.40. The van der Waals surface area contributed by atoms with Crippen LogP contribution in [0.15, 0.2) is 12.4 Å². The number of rotatable bonds is 5. The van der Waals surface area contributed by atoms with Crippen molar-refractivity contribution in [3.05, 3.63) is 18.1 Å². The van der Waals surface area contributed by atoms with Gasteiger partial charge in [-0.05, 0) is 6.92 Å². The molecule has 7 heteroatoms. The highest BCUT2D eigenvalue weighted by Crippen LogP contribution is 2.12. The molecule has 1 amide bonds. The van der Waals surface area contributed by atoms with Crippen molar-refractivity contribution in [2.75, 3.05) is 58.9 Å². The summed E-state index contributed by atoms with van der Waals surface area (Å²) < 4.78 is 5.38. The second-order valence-electron chi connectivity index (χ2n) is 5.84. The van der Waals surface area contributed by atoms with E-state index in [2.05, 4.69) is 21.8 Å². The van der Waals surface area contributed by atoms with Crippen molar-refractivity contribution in [1.29, 1.82) is 0 Å². The SMILES string of the molecule is C[C@@H](CN(C)c1cncc(C(=O)N(C)C)n1)N1CCOCC1. The smallest absolute Gasteiger partial charge is 0.273 e. The second-order valence-corrected chi connectivity index (χ2v) is 5.84. The van der Waals surface area contributed by atoms with Gasteiger partial charge in [-0.3, -0.25) is 14.7 Å². The Hall–Kier alpha value is -1.73. The average molecular weight is 307 g/mol. The second kappa shape index (κ2) is 7.51. The molecule has 1 aliphatic rings. The summed E-state index contributed by atoms with van der Waals surface area (Å²) in [5.41, 5.74) is 0.369. The zero-order valence-corrected chi connectivity index (χ0v) is 13.8. The quantitative estimate of drug-likeness (QED) is 0.781. The topological polar surface area (TPSA) is 61.8 Å². The third-order valence-corrected chi connectivity index (χ3v) is 3.85. The number of likely N-dealkylation sites (N-methyl/N-ethyl adjacent to an activating group) is 1. The van der Waals surface area contributed by atoms with Gasteiger partial charge in [-0.1, -0.05) is 0 Å². The van der Waals surface area contributed by atoms with Crippen molar-refractivity contribution in [2.24, 2.45) is 0 Å². The highest BCUT2D eigenvalue weighted by atomic mass is 16.5. The van der Waals surface area contributed by atoms with Gasteiger partial charge in [0.1, 0.15) is 11.5 Å². The third-order valence-electron chi connectivity index (χ3n) is 3.85. The number of hydrogen-bond donors (Lipinski definition) is 0. The van der Waals surface area contributed by atoms with Gasteiger partial charge < -0.3 is 14.5 Å². The minimum absolute atomic E-state index is 0.135. The molecule has 0 saturated carbocycles. The maximum atomic E-state index is 12.0. The molecule has 1 aliphatic heterocycles. The summed E-state index contributed by atoms with van der Waals surface area (Å²) in [5, 5.41) is 0. The molecule has 0 bridgehead atoms. The molecule has 1 atom stereocenters. The predicted molar refractivity (Wildman–Crippen MR) is 85.2 cm³/mol. The Morgan fingerprint density at radius 1 is 1.32 bits per heavy atom.